The lowest BCUT2D eigenvalue weighted by Crippen LogP contribution is -2.20. The van der Waals surface area contributed by atoms with Crippen LogP contribution in [0.1, 0.15) is 0 Å². The van der Waals surface area contributed by atoms with Gasteiger partial charge in [-0.3, -0.25) is 0 Å². The number of ether oxygens (including phenoxy) is 2. The van der Waals surface area contributed by atoms with Crippen LogP contribution in [0.25, 0.3) is 4.95 Å². The fourth-order valence-electron chi connectivity index (χ4n) is 2.21. The summed E-state index contributed by atoms with van der Waals surface area (Å²) in [6, 6.07) is 18.1. The molecule has 0 saturated carbocycles. The Kier molecular flexibility index (Phi) is 5.19. The van der Waals surface area contributed by atoms with Gasteiger partial charge in [0.05, 0.1) is 5.10 Å². The molecule has 3 rings (SSSR count). The van der Waals surface area contributed by atoms with Crippen molar-refractivity contribution in [3.05, 3.63) is 95.9 Å². The first-order valence-electron chi connectivity index (χ1n) is 7.61. The van der Waals surface area contributed by atoms with Crippen molar-refractivity contribution in [1.29, 1.82) is 5.26 Å². The largest absolute Gasteiger partial charge is 0.455 e. The first kappa shape index (κ1) is 16.7. The topological polar surface area (TPSA) is 71.3 Å². The summed E-state index contributed by atoms with van der Waals surface area (Å²) in [5, 5.41) is 12.7. The van der Waals surface area contributed by atoms with Crippen LogP contribution in [-0.4, -0.2) is 11.4 Å². The molecule has 0 aromatic heterocycles. The van der Waals surface area contributed by atoms with Gasteiger partial charge in [0.1, 0.15) is 17.2 Å². The molecule has 0 fully saturated rings. The summed E-state index contributed by atoms with van der Waals surface area (Å²) in [5.74, 6) is 1.77. The predicted molar refractivity (Wildman–Crippen MR) is 97.4 cm³/mol. The third-order valence-corrected chi connectivity index (χ3v) is 3.31. The van der Waals surface area contributed by atoms with Crippen LogP contribution in [0.4, 0.5) is 0 Å². The van der Waals surface area contributed by atoms with Crippen molar-refractivity contribution in [2.75, 3.05) is 0 Å². The summed E-state index contributed by atoms with van der Waals surface area (Å²) in [6.45, 7) is 7.03. The molecule has 6 nitrogen and oxygen atoms in total. The number of para-hydroxylation sites is 2. The van der Waals surface area contributed by atoms with Gasteiger partial charge in [-0.05, 0) is 24.3 Å². The summed E-state index contributed by atoms with van der Waals surface area (Å²) in [4.78, 5) is 6.86. The lowest BCUT2D eigenvalue weighted by molar-refractivity contribution is 0.442. The Labute approximate surface area is 150 Å². The van der Waals surface area contributed by atoms with E-state index in [-0.39, 0.29) is 11.4 Å². The quantitative estimate of drug-likeness (QED) is 0.364. The van der Waals surface area contributed by atoms with E-state index >= 15 is 0 Å². The summed E-state index contributed by atoms with van der Waals surface area (Å²) in [6.07, 6.45) is 4.80. The first-order chi connectivity index (χ1) is 12.8. The van der Waals surface area contributed by atoms with Crippen molar-refractivity contribution in [3.8, 4) is 17.7 Å². The summed E-state index contributed by atoms with van der Waals surface area (Å²) in [7, 11) is 0. The van der Waals surface area contributed by atoms with E-state index in [4.69, 9.17) is 21.3 Å². The van der Waals surface area contributed by atoms with Gasteiger partial charge in [-0.25, -0.2) is 0 Å². The van der Waals surface area contributed by atoms with Crippen LogP contribution in [0.5, 0.6) is 11.5 Å². The second-order valence-electron chi connectivity index (χ2n) is 5.03. The molecule has 2 aromatic rings. The van der Waals surface area contributed by atoms with Crippen LogP contribution in [0, 0.1) is 18.0 Å². The highest BCUT2D eigenvalue weighted by Crippen LogP contribution is 2.22. The van der Waals surface area contributed by atoms with E-state index in [9.17, 15) is 0 Å². The number of benzene rings is 2. The van der Waals surface area contributed by atoms with Crippen LogP contribution < -0.4 is 9.47 Å². The molecule has 2 aromatic carbocycles. The van der Waals surface area contributed by atoms with E-state index in [0.717, 1.165) is 0 Å². The van der Waals surface area contributed by atoms with Gasteiger partial charge in [-0.15, -0.1) is 4.95 Å². The second kappa shape index (κ2) is 8.09. The zero-order valence-corrected chi connectivity index (χ0v) is 13.5. The lowest BCUT2D eigenvalue weighted by atomic mass is 10.1. The van der Waals surface area contributed by atoms with Gasteiger partial charge in [0, 0.05) is 12.2 Å². The fraction of sp³-hybridized carbons (Fsp3) is 0. The van der Waals surface area contributed by atoms with Crippen LogP contribution in [0.15, 0.2) is 94.4 Å². The van der Waals surface area contributed by atoms with Crippen LogP contribution >= 0.6 is 0 Å². The maximum absolute atomic E-state index is 8.98. The van der Waals surface area contributed by atoms with Crippen molar-refractivity contribution in [2.24, 2.45) is 10.1 Å². The Morgan fingerprint density at radius 1 is 0.808 bits per heavy atom. The van der Waals surface area contributed by atoms with Crippen LogP contribution in [0.3, 0.4) is 0 Å². The highest BCUT2D eigenvalue weighted by molar-refractivity contribution is 6.22. The van der Waals surface area contributed by atoms with Crippen molar-refractivity contribution in [2.45, 2.75) is 0 Å². The summed E-state index contributed by atoms with van der Waals surface area (Å²) in [5.41, 5.74) is 0.567. The number of hydrogen-bond donors (Lipinski definition) is 0. The third-order valence-electron chi connectivity index (χ3n) is 3.31. The monoisotopic (exact) mass is 340 g/mol. The molecule has 0 spiro atoms. The minimum atomic E-state index is 0.284. The number of hydrogen-bond acceptors (Lipinski definition) is 5. The number of allylic oxidation sites excluding steroid dienone is 2. The van der Waals surface area contributed by atoms with Crippen molar-refractivity contribution in [3.63, 3.8) is 0 Å². The molecule has 0 aliphatic heterocycles. The molecule has 6 heteroatoms. The zero-order chi connectivity index (χ0) is 18.2. The Morgan fingerprint density at radius 2 is 1.31 bits per heavy atom. The highest BCUT2D eigenvalue weighted by atomic mass is 16.5. The number of nitrogens with zero attached hydrogens (tertiary/aromatic N) is 4. The average Bonchev–Trinajstić information content (AvgIpc) is 2.67. The van der Waals surface area contributed by atoms with E-state index < -0.39 is 0 Å². The maximum Gasteiger partial charge on any atom is 0.206 e. The summed E-state index contributed by atoms with van der Waals surface area (Å²) >= 11 is 0. The second-order valence-corrected chi connectivity index (χ2v) is 5.03. The molecular formula is C20H12N4O2. The average molecular weight is 340 g/mol. The zero-order valence-electron chi connectivity index (χ0n) is 13.5. The normalized spacial score (nSPS) is 16.2. The first-order valence-corrected chi connectivity index (χ1v) is 7.61. The molecule has 0 radical (unpaired) electrons. The smallest absolute Gasteiger partial charge is 0.206 e. The Morgan fingerprint density at radius 3 is 1.81 bits per heavy atom. The number of aliphatic imine (C=N–C) groups is 1. The van der Waals surface area contributed by atoms with Gasteiger partial charge in [0.15, 0.2) is 17.2 Å². The standard InChI is InChI=1S/C20H12N4O2/c1-22-24-18-13-19(25-15-8-4-2-5-9-15)17(23-14-21)12-20(18)26-16-10-6-3-7-11-16/h2-13H. The van der Waals surface area contributed by atoms with Crippen LogP contribution in [0.2, 0.25) is 0 Å². The van der Waals surface area contributed by atoms with E-state index in [2.05, 4.69) is 15.0 Å². The molecule has 0 heterocycles. The van der Waals surface area contributed by atoms with Crippen LogP contribution in [-0.2, 0) is 0 Å². The summed E-state index contributed by atoms with van der Waals surface area (Å²) < 4.78 is 11.6. The van der Waals surface area contributed by atoms with Crippen molar-refractivity contribution < 1.29 is 9.47 Å². The molecular weight excluding hydrogens is 328 g/mol. The SMILES string of the molecule is [C-]#[N+]N=C1C=C(Oc2ccccc2)C(=NC#N)C=C1Oc1ccccc1. The Hall–Kier alpha value is -4.16. The minimum Gasteiger partial charge on any atom is -0.455 e. The van der Waals surface area contributed by atoms with Gasteiger partial charge in [-0.1, -0.05) is 36.4 Å². The molecule has 0 amide bonds. The molecule has 0 bridgehead atoms. The maximum atomic E-state index is 8.98. The van der Waals surface area contributed by atoms with Gasteiger partial charge >= 0.3 is 0 Å². The van der Waals surface area contributed by atoms with Gasteiger partial charge < -0.3 is 9.47 Å². The predicted octanol–water partition coefficient (Wildman–Crippen LogP) is 4.12. The number of nitriles is 1. The van der Waals surface area contributed by atoms with E-state index in [1.165, 1.54) is 12.2 Å². The molecule has 0 atom stereocenters. The van der Waals surface area contributed by atoms with E-state index in [1.807, 2.05) is 36.4 Å². The molecule has 0 unspecified atom stereocenters. The van der Waals surface area contributed by atoms with Crippen molar-refractivity contribution >= 4 is 11.4 Å². The highest BCUT2D eigenvalue weighted by Gasteiger charge is 2.23. The third kappa shape index (κ3) is 4.02. The molecule has 26 heavy (non-hydrogen) atoms. The Balaban J connectivity index is 1.96. The van der Waals surface area contributed by atoms with Gasteiger partial charge in [0.25, 0.3) is 0 Å². The van der Waals surface area contributed by atoms with Gasteiger partial charge in [-0.2, -0.15) is 16.8 Å². The molecule has 0 N–H and O–H groups in total. The van der Waals surface area contributed by atoms with Gasteiger partial charge in [0.2, 0.25) is 6.19 Å². The van der Waals surface area contributed by atoms with E-state index in [0.29, 0.717) is 23.0 Å². The fourth-order valence-corrected chi connectivity index (χ4v) is 2.21. The molecule has 1 aliphatic carbocycles. The molecule has 124 valence electrons. The minimum absolute atomic E-state index is 0.284. The van der Waals surface area contributed by atoms with Crippen molar-refractivity contribution in [1.82, 2.24) is 0 Å². The molecule has 0 saturated heterocycles. The lowest BCUT2D eigenvalue weighted by Gasteiger charge is -2.16. The number of rotatable bonds is 4. The Bertz CT molecular complexity index is 908. The molecule has 1 aliphatic rings. The van der Waals surface area contributed by atoms with E-state index in [1.54, 1.807) is 30.5 Å².